The maximum Gasteiger partial charge on any atom is 0.409 e. The van der Waals surface area contributed by atoms with Gasteiger partial charge < -0.3 is 19.5 Å². The lowest BCUT2D eigenvalue weighted by atomic mass is 9.85. The molecule has 0 radical (unpaired) electrons. The molecule has 1 unspecified atom stereocenters. The molecule has 2 heterocycles. The molecule has 2 saturated carbocycles. The SMILES string of the molecule is Cc1nc(-c2nnn(C)c2COC(=O)N(C)CC2CCC2)cnc1O[C@H]1CCC(C(=O)O)C1. The Morgan fingerprint density at radius 1 is 1.27 bits per heavy atom. The summed E-state index contributed by atoms with van der Waals surface area (Å²) in [4.78, 5) is 34.1. The van der Waals surface area contributed by atoms with Crippen LogP contribution in [-0.2, 0) is 23.2 Å². The minimum Gasteiger partial charge on any atom is -0.481 e. The van der Waals surface area contributed by atoms with E-state index in [0.717, 1.165) is 12.8 Å². The first-order valence-electron chi connectivity index (χ1n) is 11.3. The lowest BCUT2D eigenvalue weighted by molar-refractivity contribution is -0.141. The Balaban J connectivity index is 1.40. The first-order chi connectivity index (χ1) is 15.8. The van der Waals surface area contributed by atoms with Gasteiger partial charge in [0.1, 0.15) is 35.5 Å². The average molecular weight is 459 g/mol. The highest BCUT2D eigenvalue weighted by Gasteiger charge is 2.31. The van der Waals surface area contributed by atoms with Gasteiger partial charge in [0.2, 0.25) is 5.88 Å². The summed E-state index contributed by atoms with van der Waals surface area (Å²) in [5.41, 5.74) is 2.17. The maximum absolute atomic E-state index is 12.4. The van der Waals surface area contributed by atoms with Crippen LogP contribution in [0.25, 0.3) is 11.4 Å². The molecule has 2 aromatic rings. The van der Waals surface area contributed by atoms with Crippen molar-refractivity contribution in [3.8, 4) is 17.3 Å². The molecule has 2 aromatic heterocycles. The summed E-state index contributed by atoms with van der Waals surface area (Å²) >= 11 is 0. The number of carboxylic acids is 1. The number of carbonyl (C=O) groups is 2. The van der Waals surface area contributed by atoms with Crippen LogP contribution in [0.1, 0.15) is 49.9 Å². The molecule has 0 spiro atoms. The van der Waals surface area contributed by atoms with Gasteiger partial charge in [0, 0.05) is 20.6 Å². The summed E-state index contributed by atoms with van der Waals surface area (Å²) in [5.74, 6) is -0.219. The lowest BCUT2D eigenvalue weighted by Crippen LogP contribution is -2.34. The number of carboxylic acid groups (broad SMARTS) is 1. The van der Waals surface area contributed by atoms with Crippen LogP contribution < -0.4 is 4.74 Å². The van der Waals surface area contributed by atoms with Gasteiger partial charge in [0.25, 0.3) is 0 Å². The van der Waals surface area contributed by atoms with E-state index in [4.69, 9.17) is 9.47 Å². The molecule has 178 valence electrons. The van der Waals surface area contributed by atoms with E-state index in [0.29, 0.717) is 60.4 Å². The second-order valence-corrected chi connectivity index (χ2v) is 8.97. The van der Waals surface area contributed by atoms with Crippen molar-refractivity contribution in [3.63, 3.8) is 0 Å². The van der Waals surface area contributed by atoms with Gasteiger partial charge in [-0.15, -0.1) is 5.10 Å². The third-order valence-electron chi connectivity index (χ3n) is 6.50. The highest BCUT2D eigenvalue weighted by atomic mass is 16.6. The molecule has 0 saturated heterocycles. The molecule has 0 aliphatic heterocycles. The van der Waals surface area contributed by atoms with E-state index in [1.54, 1.807) is 36.8 Å². The number of nitrogens with zero attached hydrogens (tertiary/aromatic N) is 6. The molecule has 11 heteroatoms. The first-order valence-corrected chi connectivity index (χ1v) is 11.3. The van der Waals surface area contributed by atoms with Gasteiger partial charge in [-0.2, -0.15) is 0 Å². The summed E-state index contributed by atoms with van der Waals surface area (Å²) < 4.78 is 13.0. The fourth-order valence-corrected chi connectivity index (χ4v) is 4.24. The Hall–Kier alpha value is -3.24. The van der Waals surface area contributed by atoms with Crippen LogP contribution >= 0.6 is 0 Å². The summed E-state index contributed by atoms with van der Waals surface area (Å²) in [7, 11) is 3.48. The van der Waals surface area contributed by atoms with E-state index >= 15 is 0 Å². The van der Waals surface area contributed by atoms with E-state index in [9.17, 15) is 14.7 Å². The van der Waals surface area contributed by atoms with Gasteiger partial charge in [0.05, 0.1) is 12.1 Å². The fraction of sp³-hybridized carbons (Fsp3) is 0.636. The van der Waals surface area contributed by atoms with Crippen molar-refractivity contribution in [3.05, 3.63) is 17.6 Å². The number of hydrogen-bond donors (Lipinski definition) is 1. The molecule has 33 heavy (non-hydrogen) atoms. The number of aliphatic carboxylic acids is 1. The lowest BCUT2D eigenvalue weighted by Gasteiger charge is -2.29. The van der Waals surface area contributed by atoms with Crippen molar-refractivity contribution in [2.24, 2.45) is 18.9 Å². The predicted molar refractivity (Wildman–Crippen MR) is 116 cm³/mol. The first kappa shape index (κ1) is 22.9. The van der Waals surface area contributed by atoms with Crippen molar-refractivity contribution in [1.82, 2.24) is 29.9 Å². The highest BCUT2D eigenvalue weighted by Crippen LogP contribution is 2.30. The molecular weight excluding hydrogens is 428 g/mol. The summed E-state index contributed by atoms with van der Waals surface area (Å²) in [6.07, 6.45) is 6.27. The molecule has 0 bridgehead atoms. The second kappa shape index (κ2) is 9.72. The van der Waals surface area contributed by atoms with Crippen molar-refractivity contribution in [2.45, 2.75) is 58.2 Å². The molecule has 1 N–H and O–H groups in total. The second-order valence-electron chi connectivity index (χ2n) is 8.97. The zero-order valence-electron chi connectivity index (χ0n) is 19.2. The number of aryl methyl sites for hydroxylation is 2. The van der Waals surface area contributed by atoms with Crippen LogP contribution in [0.2, 0.25) is 0 Å². The summed E-state index contributed by atoms with van der Waals surface area (Å²) in [6.45, 7) is 2.50. The van der Waals surface area contributed by atoms with Crippen LogP contribution in [-0.4, -0.2) is 66.7 Å². The van der Waals surface area contributed by atoms with Crippen LogP contribution in [0.3, 0.4) is 0 Å². The monoisotopic (exact) mass is 458 g/mol. The van der Waals surface area contributed by atoms with Crippen LogP contribution in [0, 0.1) is 18.8 Å². The largest absolute Gasteiger partial charge is 0.481 e. The van der Waals surface area contributed by atoms with Crippen LogP contribution in [0.4, 0.5) is 4.79 Å². The van der Waals surface area contributed by atoms with Gasteiger partial charge >= 0.3 is 12.1 Å². The number of ether oxygens (including phenoxy) is 2. The van der Waals surface area contributed by atoms with Gasteiger partial charge in [-0.25, -0.2) is 19.4 Å². The molecule has 2 aliphatic rings. The van der Waals surface area contributed by atoms with Gasteiger partial charge in [-0.3, -0.25) is 4.79 Å². The molecule has 2 fully saturated rings. The average Bonchev–Trinajstić information content (AvgIpc) is 3.37. The molecule has 4 rings (SSSR count). The van der Waals surface area contributed by atoms with Crippen molar-refractivity contribution < 1.29 is 24.2 Å². The highest BCUT2D eigenvalue weighted by molar-refractivity contribution is 5.70. The molecule has 2 atom stereocenters. The molecule has 11 nitrogen and oxygen atoms in total. The molecule has 0 aromatic carbocycles. The van der Waals surface area contributed by atoms with Crippen molar-refractivity contribution in [2.75, 3.05) is 13.6 Å². The normalized spacial score (nSPS) is 20.3. The van der Waals surface area contributed by atoms with Gasteiger partial charge in [0.15, 0.2) is 0 Å². The Kier molecular flexibility index (Phi) is 6.75. The third kappa shape index (κ3) is 5.23. The Morgan fingerprint density at radius 2 is 2.06 bits per heavy atom. The Labute approximate surface area is 192 Å². The molecular formula is C22H30N6O5. The quantitative estimate of drug-likeness (QED) is 0.633. The van der Waals surface area contributed by atoms with Crippen LogP contribution in [0.5, 0.6) is 5.88 Å². The fourth-order valence-electron chi connectivity index (χ4n) is 4.24. The van der Waals surface area contributed by atoms with Crippen molar-refractivity contribution in [1.29, 1.82) is 0 Å². The van der Waals surface area contributed by atoms with Gasteiger partial charge in [-0.05, 0) is 44.9 Å². The molecule has 2 aliphatic carbocycles. The molecule has 1 amide bonds. The number of aromatic nitrogens is 5. The van der Waals surface area contributed by atoms with Gasteiger partial charge in [-0.1, -0.05) is 11.6 Å². The van der Waals surface area contributed by atoms with E-state index in [2.05, 4.69) is 20.3 Å². The van der Waals surface area contributed by atoms with Crippen molar-refractivity contribution >= 4 is 12.1 Å². The maximum atomic E-state index is 12.4. The number of amides is 1. The van der Waals surface area contributed by atoms with Crippen LogP contribution in [0.15, 0.2) is 6.20 Å². The topological polar surface area (TPSA) is 133 Å². The summed E-state index contributed by atoms with van der Waals surface area (Å²) in [5, 5.41) is 17.4. The number of rotatable bonds is 8. The number of hydrogen-bond acceptors (Lipinski definition) is 8. The van der Waals surface area contributed by atoms with E-state index in [1.165, 1.54) is 6.42 Å². The summed E-state index contributed by atoms with van der Waals surface area (Å²) in [6, 6.07) is 0. The van der Waals surface area contributed by atoms with E-state index in [1.807, 2.05) is 0 Å². The number of carbonyl (C=O) groups excluding carboxylic acids is 1. The smallest absolute Gasteiger partial charge is 0.409 e. The minimum absolute atomic E-state index is 0.0182. The Morgan fingerprint density at radius 3 is 2.70 bits per heavy atom. The standard InChI is InChI=1S/C22H30N6O5/c1-13-20(33-16-8-7-15(9-16)21(29)30)23-10-17(24-13)19-18(28(3)26-25-19)12-32-22(31)27(2)11-14-5-4-6-14/h10,14-16H,4-9,11-12H2,1-3H3,(H,29,30)/t15?,16-/m0/s1. The van der Waals surface area contributed by atoms with E-state index < -0.39 is 5.97 Å². The zero-order chi connectivity index (χ0) is 23.5. The predicted octanol–water partition coefficient (Wildman–Crippen LogP) is 2.58. The zero-order valence-corrected chi connectivity index (χ0v) is 19.2. The Bertz CT molecular complexity index is 1020. The minimum atomic E-state index is -0.788. The van der Waals surface area contributed by atoms with E-state index in [-0.39, 0.29) is 24.7 Å². The third-order valence-corrected chi connectivity index (χ3v) is 6.50.